The first kappa shape index (κ1) is 24.9. The fourth-order valence-corrected chi connectivity index (χ4v) is 3.69. The third-order valence-corrected chi connectivity index (χ3v) is 5.47. The van der Waals surface area contributed by atoms with Crippen LogP contribution >= 0.6 is 21.6 Å². The summed E-state index contributed by atoms with van der Waals surface area (Å²) in [7, 11) is 1.90. The molecule has 0 aliphatic rings. The van der Waals surface area contributed by atoms with Gasteiger partial charge in [0.1, 0.15) is 30.4 Å². The quantitative estimate of drug-likeness (QED) is 0.102. The maximum Gasteiger partial charge on any atom is 0.327 e. The summed E-state index contributed by atoms with van der Waals surface area (Å²) < 4.78 is 0. The average molecular weight is 418 g/mol. The Kier molecular flexibility index (Phi) is 11.8. The molecule has 0 aliphatic carbocycles. The standard InChI is InChI=1S/C12H22N2O10S2/c13-4(11(21)22)2-25-26-3-5(12(23)24)14-10(20)9(19)8(18)7(17)6(16)1-15/h4-9,15-19H,1-3,13H2,(H,14,20)(H,21,22)(H,23,24)/t4-,5-,6-,7-,8+,9-/m1/s1. The second-order valence-electron chi connectivity index (χ2n) is 5.09. The summed E-state index contributed by atoms with van der Waals surface area (Å²) in [4.78, 5) is 33.5. The van der Waals surface area contributed by atoms with Gasteiger partial charge in [-0.2, -0.15) is 0 Å². The minimum Gasteiger partial charge on any atom is -0.480 e. The second kappa shape index (κ2) is 12.3. The number of nitrogens with one attached hydrogen (secondary N) is 1. The zero-order valence-electron chi connectivity index (χ0n) is 13.3. The fraction of sp³-hybridized carbons (Fsp3) is 0.750. The van der Waals surface area contributed by atoms with Crippen LogP contribution in [-0.2, 0) is 14.4 Å². The molecule has 6 atom stereocenters. The Morgan fingerprint density at radius 2 is 1.46 bits per heavy atom. The van der Waals surface area contributed by atoms with Gasteiger partial charge in [-0.3, -0.25) is 9.59 Å². The molecule has 0 aromatic heterocycles. The van der Waals surface area contributed by atoms with E-state index in [1.165, 1.54) is 0 Å². The predicted octanol–water partition coefficient (Wildman–Crippen LogP) is -4.21. The Hall–Kier alpha value is -1.13. The van der Waals surface area contributed by atoms with Crippen molar-refractivity contribution in [1.29, 1.82) is 0 Å². The molecule has 0 unspecified atom stereocenters. The van der Waals surface area contributed by atoms with Crippen LogP contribution in [0.3, 0.4) is 0 Å². The van der Waals surface area contributed by atoms with Crippen LogP contribution in [0.4, 0.5) is 0 Å². The number of aliphatic hydroxyl groups excluding tert-OH is 5. The molecule has 0 saturated carbocycles. The highest BCUT2D eigenvalue weighted by Crippen LogP contribution is 2.22. The third-order valence-electron chi connectivity index (χ3n) is 3.02. The highest BCUT2D eigenvalue weighted by Gasteiger charge is 2.35. The van der Waals surface area contributed by atoms with Crippen molar-refractivity contribution < 1.29 is 50.1 Å². The molecule has 14 heteroatoms. The fourth-order valence-electron chi connectivity index (χ4n) is 1.42. The van der Waals surface area contributed by atoms with Crippen molar-refractivity contribution in [2.45, 2.75) is 36.5 Å². The van der Waals surface area contributed by atoms with Gasteiger partial charge in [-0.05, 0) is 0 Å². The maximum absolute atomic E-state index is 11.8. The molecule has 0 heterocycles. The summed E-state index contributed by atoms with van der Waals surface area (Å²) in [5, 5.41) is 66.1. The number of rotatable bonds is 13. The van der Waals surface area contributed by atoms with Crippen molar-refractivity contribution in [2.75, 3.05) is 18.1 Å². The lowest BCUT2D eigenvalue weighted by Gasteiger charge is -2.25. The van der Waals surface area contributed by atoms with Gasteiger partial charge in [0.15, 0.2) is 6.10 Å². The molecule has 12 nitrogen and oxygen atoms in total. The Morgan fingerprint density at radius 3 is 1.92 bits per heavy atom. The summed E-state index contributed by atoms with van der Waals surface area (Å²) >= 11 is 0. The van der Waals surface area contributed by atoms with E-state index in [1.54, 1.807) is 0 Å². The monoisotopic (exact) mass is 418 g/mol. The van der Waals surface area contributed by atoms with E-state index in [4.69, 9.17) is 26.2 Å². The number of nitrogens with two attached hydrogens (primary N) is 1. The molecule has 0 radical (unpaired) electrons. The van der Waals surface area contributed by atoms with Gasteiger partial charge in [-0.25, -0.2) is 4.79 Å². The van der Waals surface area contributed by atoms with Crippen LogP contribution in [0.25, 0.3) is 0 Å². The van der Waals surface area contributed by atoms with Crippen LogP contribution in [0.5, 0.6) is 0 Å². The minimum atomic E-state index is -2.26. The normalized spacial score (nSPS) is 18.2. The summed E-state index contributed by atoms with van der Waals surface area (Å²) in [6, 6.07) is -2.62. The highest BCUT2D eigenvalue weighted by molar-refractivity contribution is 8.76. The molecule has 0 aromatic rings. The molecule has 0 rings (SSSR count). The van der Waals surface area contributed by atoms with E-state index in [2.05, 4.69) is 0 Å². The SMILES string of the molecule is N[C@H](CSSC[C@@H](NC(=O)[C@H](O)[C@@H](O)[C@H](O)[C@H](O)CO)C(=O)O)C(=O)O. The average Bonchev–Trinajstić information content (AvgIpc) is 2.60. The Morgan fingerprint density at radius 1 is 0.923 bits per heavy atom. The number of carboxylic acid groups (broad SMARTS) is 2. The molecule has 0 bridgehead atoms. The molecule has 0 saturated heterocycles. The summed E-state index contributed by atoms with van der Waals surface area (Å²) in [5.41, 5.74) is 5.27. The van der Waals surface area contributed by atoms with Crippen LogP contribution in [0.2, 0.25) is 0 Å². The number of aliphatic hydroxyl groups is 5. The van der Waals surface area contributed by atoms with Gasteiger partial charge in [-0.15, -0.1) is 0 Å². The number of carboxylic acids is 2. The van der Waals surface area contributed by atoms with Crippen molar-refractivity contribution >= 4 is 39.4 Å². The van der Waals surface area contributed by atoms with Crippen LogP contribution in [0.1, 0.15) is 0 Å². The lowest BCUT2D eigenvalue weighted by Crippen LogP contribution is -2.54. The first-order valence-electron chi connectivity index (χ1n) is 7.12. The maximum atomic E-state index is 11.8. The molecule has 0 spiro atoms. The highest BCUT2D eigenvalue weighted by atomic mass is 33.1. The van der Waals surface area contributed by atoms with Crippen LogP contribution in [0.15, 0.2) is 0 Å². The minimum absolute atomic E-state index is 0.00708. The van der Waals surface area contributed by atoms with Gasteiger partial charge in [-0.1, -0.05) is 21.6 Å². The molecular formula is C12H22N2O10S2. The van der Waals surface area contributed by atoms with Crippen LogP contribution in [-0.4, -0.2) is 108 Å². The summed E-state index contributed by atoms with van der Waals surface area (Å²) in [5.74, 6) is -4.20. The first-order valence-corrected chi connectivity index (χ1v) is 9.60. The smallest absolute Gasteiger partial charge is 0.327 e. The van der Waals surface area contributed by atoms with Crippen LogP contribution < -0.4 is 11.1 Å². The molecule has 1 amide bonds. The zero-order valence-corrected chi connectivity index (χ0v) is 15.0. The number of hydrogen-bond donors (Lipinski definition) is 9. The van der Waals surface area contributed by atoms with Gasteiger partial charge in [0, 0.05) is 11.5 Å². The number of carbonyl (C=O) groups excluding carboxylic acids is 1. The lowest BCUT2D eigenvalue weighted by molar-refractivity contribution is -0.152. The van der Waals surface area contributed by atoms with Gasteiger partial charge in [0.05, 0.1) is 6.61 Å². The molecule has 0 fully saturated rings. The third kappa shape index (κ3) is 8.50. The predicted molar refractivity (Wildman–Crippen MR) is 91.2 cm³/mol. The Bertz CT molecular complexity index is 483. The number of amides is 1. The molecule has 26 heavy (non-hydrogen) atoms. The van der Waals surface area contributed by atoms with Crippen LogP contribution in [0, 0.1) is 0 Å². The van der Waals surface area contributed by atoms with Gasteiger partial charge >= 0.3 is 11.9 Å². The number of aliphatic carboxylic acids is 2. The van der Waals surface area contributed by atoms with E-state index < -0.39 is 61.0 Å². The Balaban J connectivity index is 4.58. The van der Waals surface area contributed by atoms with E-state index in [1.807, 2.05) is 5.32 Å². The molecular weight excluding hydrogens is 396 g/mol. The lowest BCUT2D eigenvalue weighted by atomic mass is 10.0. The van der Waals surface area contributed by atoms with Crippen molar-refractivity contribution in [3.8, 4) is 0 Å². The largest absolute Gasteiger partial charge is 0.480 e. The van der Waals surface area contributed by atoms with E-state index in [-0.39, 0.29) is 11.5 Å². The van der Waals surface area contributed by atoms with E-state index in [0.29, 0.717) is 0 Å². The second-order valence-corrected chi connectivity index (χ2v) is 7.64. The number of hydrogen-bond acceptors (Lipinski definition) is 11. The van der Waals surface area contributed by atoms with Crippen molar-refractivity contribution in [3.05, 3.63) is 0 Å². The van der Waals surface area contributed by atoms with Gasteiger partial charge in [0.25, 0.3) is 5.91 Å². The number of carbonyl (C=O) groups is 3. The molecule has 152 valence electrons. The molecule has 0 aliphatic heterocycles. The van der Waals surface area contributed by atoms with E-state index >= 15 is 0 Å². The zero-order chi connectivity index (χ0) is 20.4. The molecule has 0 aromatic carbocycles. The van der Waals surface area contributed by atoms with Crippen molar-refractivity contribution in [1.82, 2.24) is 5.32 Å². The summed E-state index contributed by atoms with van der Waals surface area (Å²) in [6.45, 7) is -0.934. The first-order chi connectivity index (χ1) is 12.0. The van der Waals surface area contributed by atoms with Gasteiger partial charge in [0.2, 0.25) is 0 Å². The van der Waals surface area contributed by atoms with E-state index in [9.17, 15) is 29.7 Å². The topological polar surface area (TPSA) is 231 Å². The molecule has 10 N–H and O–H groups in total. The van der Waals surface area contributed by atoms with E-state index in [0.717, 1.165) is 21.6 Å². The van der Waals surface area contributed by atoms with Gasteiger partial charge < -0.3 is 46.8 Å². The Labute approximate surface area is 155 Å². The van der Waals surface area contributed by atoms with Crippen molar-refractivity contribution in [3.63, 3.8) is 0 Å². The summed E-state index contributed by atoms with van der Waals surface area (Å²) in [6.07, 6.45) is -8.27. The van der Waals surface area contributed by atoms with Crippen molar-refractivity contribution in [2.24, 2.45) is 5.73 Å².